The van der Waals surface area contributed by atoms with Crippen molar-refractivity contribution in [3.63, 3.8) is 0 Å². The molecule has 7 nitrogen and oxygen atoms in total. The number of para-hydroxylation sites is 2. The number of hydrazine groups is 1. The van der Waals surface area contributed by atoms with E-state index in [-0.39, 0.29) is 13.2 Å². The van der Waals surface area contributed by atoms with Crippen LogP contribution in [0.4, 0.5) is 0 Å². The number of fused-ring (bicyclic) bond motifs is 2. The van der Waals surface area contributed by atoms with Gasteiger partial charge in [0.15, 0.2) is 18.1 Å². The van der Waals surface area contributed by atoms with Crippen LogP contribution in [-0.2, 0) is 9.59 Å². The molecule has 0 aliphatic carbocycles. The molecule has 4 rings (SSSR count). The summed E-state index contributed by atoms with van der Waals surface area (Å²) in [7, 11) is 0. The van der Waals surface area contributed by atoms with Gasteiger partial charge in [-0.1, -0.05) is 48.5 Å². The summed E-state index contributed by atoms with van der Waals surface area (Å²) < 4.78 is 16.7. The number of rotatable bonds is 4. The molecule has 1 aliphatic rings. The molecule has 0 aromatic heterocycles. The largest absolute Gasteiger partial charge is 0.485 e. The lowest BCUT2D eigenvalue weighted by atomic mass is 10.1. The molecule has 3 aromatic rings. The van der Waals surface area contributed by atoms with Gasteiger partial charge in [0.25, 0.3) is 11.8 Å². The van der Waals surface area contributed by atoms with Crippen molar-refractivity contribution in [2.45, 2.75) is 6.10 Å². The molecule has 7 heteroatoms. The molecular weight excluding hydrogens is 360 g/mol. The monoisotopic (exact) mass is 378 g/mol. The van der Waals surface area contributed by atoms with Crippen molar-refractivity contribution in [1.29, 1.82) is 0 Å². The van der Waals surface area contributed by atoms with Crippen molar-refractivity contribution in [2.75, 3.05) is 13.2 Å². The van der Waals surface area contributed by atoms with Crippen molar-refractivity contribution >= 4 is 22.6 Å². The van der Waals surface area contributed by atoms with Gasteiger partial charge in [-0.15, -0.1) is 0 Å². The molecule has 1 atom stereocenters. The highest BCUT2D eigenvalue weighted by atomic mass is 16.6. The van der Waals surface area contributed by atoms with Gasteiger partial charge in [0.05, 0.1) is 0 Å². The quantitative estimate of drug-likeness (QED) is 0.680. The summed E-state index contributed by atoms with van der Waals surface area (Å²) in [5.74, 6) is 0.671. The van der Waals surface area contributed by atoms with E-state index < -0.39 is 17.9 Å². The lowest BCUT2D eigenvalue weighted by molar-refractivity contribution is -0.135. The summed E-state index contributed by atoms with van der Waals surface area (Å²) in [4.78, 5) is 24.2. The summed E-state index contributed by atoms with van der Waals surface area (Å²) >= 11 is 0. The molecule has 0 radical (unpaired) electrons. The maximum absolute atomic E-state index is 12.2. The molecule has 142 valence electrons. The number of carbonyl (C=O) groups excluding carboxylic acids is 2. The Kier molecular flexibility index (Phi) is 4.97. The Morgan fingerprint density at radius 2 is 1.68 bits per heavy atom. The van der Waals surface area contributed by atoms with Crippen LogP contribution in [0.15, 0.2) is 66.7 Å². The zero-order chi connectivity index (χ0) is 19.3. The van der Waals surface area contributed by atoms with Crippen LogP contribution in [0.2, 0.25) is 0 Å². The summed E-state index contributed by atoms with van der Waals surface area (Å²) in [6.07, 6.45) is -0.853. The minimum atomic E-state index is -0.853. The van der Waals surface area contributed by atoms with E-state index in [1.165, 1.54) is 0 Å². The normalized spacial score (nSPS) is 14.9. The Morgan fingerprint density at radius 3 is 2.57 bits per heavy atom. The van der Waals surface area contributed by atoms with E-state index in [9.17, 15) is 9.59 Å². The van der Waals surface area contributed by atoms with E-state index in [4.69, 9.17) is 14.2 Å². The fourth-order valence-corrected chi connectivity index (χ4v) is 2.86. The summed E-state index contributed by atoms with van der Waals surface area (Å²) in [6, 6.07) is 20.4. The first-order chi connectivity index (χ1) is 13.7. The second-order valence-corrected chi connectivity index (χ2v) is 6.17. The zero-order valence-electron chi connectivity index (χ0n) is 14.9. The van der Waals surface area contributed by atoms with E-state index in [1.54, 1.807) is 24.3 Å². The minimum absolute atomic E-state index is 0.0607. The van der Waals surface area contributed by atoms with Crippen molar-refractivity contribution < 1.29 is 23.8 Å². The first-order valence-corrected chi connectivity index (χ1v) is 8.78. The molecule has 0 saturated carbocycles. The molecule has 2 N–H and O–H groups in total. The average molecular weight is 378 g/mol. The number of hydrogen-bond acceptors (Lipinski definition) is 5. The summed E-state index contributed by atoms with van der Waals surface area (Å²) in [5, 5.41) is 1.93. The Hall–Kier alpha value is -3.74. The molecule has 0 bridgehead atoms. The topological polar surface area (TPSA) is 85.9 Å². The Morgan fingerprint density at radius 1 is 0.929 bits per heavy atom. The standard InChI is InChI=1S/C21H18N2O5/c24-20(13-27-16-11-5-7-14-6-1-2-8-15(14)16)22-23-21(25)19-12-26-17-9-3-4-10-18(17)28-19/h1-11,19H,12-13H2,(H,22,24)(H,23,25)/t19-/m0/s1. The van der Waals surface area contributed by atoms with Gasteiger partial charge >= 0.3 is 0 Å². The van der Waals surface area contributed by atoms with Crippen molar-refractivity contribution in [3.05, 3.63) is 66.7 Å². The molecule has 1 heterocycles. The van der Waals surface area contributed by atoms with E-state index >= 15 is 0 Å². The van der Waals surface area contributed by atoms with Crippen molar-refractivity contribution in [1.82, 2.24) is 10.9 Å². The maximum atomic E-state index is 12.2. The van der Waals surface area contributed by atoms with Crippen LogP contribution in [0.1, 0.15) is 0 Å². The first kappa shape index (κ1) is 17.7. The van der Waals surface area contributed by atoms with Gasteiger partial charge in [-0.2, -0.15) is 0 Å². The molecule has 28 heavy (non-hydrogen) atoms. The average Bonchev–Trinajstić information content (AvgIpc) is 2.75. The van der Waals surface area contributed by atoms with Gasteiger partial charge in [0.1, 0.15) is 12.4 Å². The maximum Gasteiger partial charge on any atom is 0.283 e. The van der Waals surface area contributed by atoms with Gasteiger partial charge in [0, 0.05) is 5.39 Å². The highest BCUT2D eigenvalue weighted by molar-refractivity contribution is 5.89. The minimum Gasteiger partial charge on any atom is -0.485 e. The SMILES string of the molecule is O=C(COc1cccc2ccccc12)NNC(=O)[C@@H]1COc2ccccc2O1. The molecule has 0 spiro atoms. The fraction of sp³-hybridized carbons (Fsp3) is 0.143. The number of amides is 2. The van der Waals surface area contributed by atoms with E-state index in [2.05, 4.69) is 10.9 Å². The first-order valence-electron chi connectivity index (χ1n) is 8.78. The predicted molar refractivity (Wildman–Crippen MR) is 102 cm³/mol. The molecule has 0 saturated heterocycles. The van der Waals surface area contributed by atoms with Crippen LogP contribution < -0.4 is 25.1 Å². The van der Waals surface area contributed by atoms with E-state index in [1.807, 2.05) is 42.5 Å². The number of benzene rings is 3. The zero-order valence-corrected chi connectivity index (χ0v) is 14.9. The third kappa shape index (κ3) is 3.83. The molecule has 0 unspecified atom stereocenters. The lowest BCUT2D eigenvalue weighted by Crippen LogP contribution is -2.51. The van der Waals surface area contributed by atoms with Crippen LogP contribution in [0.3, 0.4) is 0 Å². The molecular formula is C21H18N2O5. The Labute approximate surface area is 161 Å². The number of ether oxygens (including phenoxy) is 3. The van der Waals surface area contributed by atoms with Crippen LogP contribution in [0.5, 0.6) is 17.2 Å². The van der Waals surface area contributed by atoms with Crippen LogP contribution in [-0.4, -0.2) is 31.1 Å². The van der Waals surface area contributed by atoms with Gasteiger partial charge in [-0.25, -0.2) is 0 Å². The van der Waals surface area contributed by atoms with E-state index in [0.717, 1.165) is 10.8 Å². The van der Waals surface area contributed by atoms with Crippen LogP contribution in [0, 0.1) is 0 Å². The summed E-state index contributed by atoms with van der Waals surface area (Å²) in [6.45, 7) is -0.176. The van der Waals surface area contributed by atoms with Gasteiger partial charge in [0.2, 0.25) is 6.10 Å². The molecule has 3 aromatic carbocycles. The highest BCUT2D eigenvalue weighted by Gasteiger charge is 2.27. The number of carbonyl (C=O) groups is 2. The van der Waals surface area contributed by atoms with E-state index in [0.29, 0.717) is 17.2 Å². The predicted octanol–water partition coefficient (Wildman–Crippen LogP) is 2.21. The highest BCUT2D eigenvalue weighted by Crippen LogP contribution is 2.30. The lowest BCUT2D eigenvalue weighted by Gasteiger charge is -2.25. The second kappa shape index (κ2) is 7.87. The van der Waals surface area contributed by atoms with Gasteiger partial charge in [-0.3, -0.25) is 20.4 Å². The summed E-state index contributed by atoms with van der Waals surface area (Å²) in [5.41, 5.74) is 4.66. The Bertz CT molecular complexity index is 1020. The van der Waals surface area contributed by atoms with Crippen molar-refractivity contribution in [2.24, 2.45) is 0 Å². The fourth-order valence-electron chi connectivity index (χ4n) is 2.86. The number of hydrogen-bond donors (Lipinski definition) is 2. The molecule has 1 aliphatic heterocycles. The number of nitrogens with one attached hydrogen (secondary N) is 2. The van der Waals surface area contributed by atoms with Gasteiger partial charge in [-0.05, 0) is 23.6 Å². The van der Waals surface area contributed by atoms with Crippen LogP contribution >= 0.6 is 0 Å². The molecule has 2 amide bonds. The third-order valence-corrected chi connectivity index (χ3v) is 4.23. The van der Waals surface area contributed by atoms with Crippen molar-refractivity contribution in [3.8, 4) is 17.2 Å². The van der Waals surface area contributed by atoms with Gasteiger partial charge < -0.3 is 14.2 Å². The second-order valence-electron chi connectivity index (χ2n) is 6.17. The van der Waals surface area contributed by atoms with Crippen LogP contribution in [0.25, 0.3) is 10.8 Å². The smallest absolute Gasteiger partial charge is 0.283 e. The Balaban J connectivity index is 1.28. The third-order valence-electron chi connectivity index (χ3n) is 4.23. The molecule has 0 fully saturated rings.